The van der Waals surface area contributed by atoms with Gasteiger partial charge in [-0.3, -0.25) is 0 Å². The molecule has 0 nitrogen and oxygen atoms in total. The topological polar surface area (TPSA) is 0 Å². The van der Waals surface area contributed by atoms with Gasteiger partial charge in [0.25, 0.3) is 0 Å². The molecule has 0 aliphatic carbocycles. The molecule has 0 saturated carbocycles. The Morgan fingerprint density at radius 2 is 1.08 bits per heavy atom. The summed E-state index contributed by atoms with van der Waals surface area (Å²) in [6.07, 6.45) is 0. The maximum Gasteiger partial charge on any atom is -0.0809 e. The molecule has 0 heterocycles. The summed E-state index contributed by atoms with van der Waals surface area (Å²) in [6, 6.07) is 29.3. The van der Waals surface area contributed by atoms with Crippen LogP contribution >= 0.6 is 34.1 Å². The average molecular weight is 444 g/mol. The summed E-state index contributed by atoms with van der Waals surface area (Å²) in [5.41, 5.74) is 0. The van der Waals surface area contributed by atoms with Crippen LogP contribution in [0.1, 0.15) is 6.92 Å². The van der Waals surface area contributed by atoms with Gasteiger partial charge in [0.15, 0.2) is 0 Å². The van der Waals surface area contributed by atoms with Gasteiger partial charge in [-0.15, -0.1) is 84.1 Å². The molecule has 0 amide bonds. The second kappa shape index (κ2) is 16.9. The predicted molar refractivity (Wildman–Crippen MR) is 116 cm³/mol. The van der Waals surface area contributed by atoms with E-state index in [1.807, 2.05) is 0 Å². The monoisotopic (exact) mass is 442 g/mol. The summed E-state index contributed by atoms with van der Waals surface area (Å²) in [4.78, 5) is 0. The zero-order valence-corrected chi connectivity index (χ0v) is 18.9. The molecular formula is C20H21Cl3SiTi-3. The van der Waals surface area contributed by atoms with Gasteiger partial charge >= 0.3 is 33.8 Å². The van der Waals surface area contributed by atoms with Crippen molar-refractivity contribution in [3.63, 3.8) is 0 Å². The van der Waals surface area contributed by atoms with Crippen molar-refractivity contribution >= 4 is 63.3 Å². The summed E-state index contributed by atoms with van der Waals surface area (Å²) in [6.45, 7) is 5.00. The molecule has 4 rings (SSSR count). The zero-order chi connectivity index (χ0) is 16.9. The van der Waals surface area contributed by atoms with Crippen LogP contribution in [-0.2, 0) is 16.8 Å². The Bertz CT molecular complexity index is 682. The Morgan fingerprint density at radius 3 is 1.40 bits per heavy atom. The first-order chi connectivity index (χ1) is 11.3. The summed E-state index contributed by atoms with van der Waals surface area (Å²) in [5, 5.41) is 5.32. The number of rotatable bonds is 0. The minimum Gasteiger partial charge on any atom is -0.168 e. The molecule has 5 heteroatoms. The second-order valence-electron chi connectivity index (χ2n) is 4.40. The number of benzene rings is 2. The van der Waals surface area contributed by atoms with Gasteiger partial charge in [-0.1, -0.05) is 12.1 Å². The number of fused-ring (bicyclic) bond motifs is 2. The van der Waals surface area contributed by atoms with Gasteiger partial charge < -0.3 is 6.92 Å². The van der Waals surface area contributed by atoms with Crippen LogP contribution in [-0.4, -0.2) is 7.63 Å². The third-order valence-electron chi connectivity index (χ3n) is 3.10. The molecule has 133 valence electrons. The largest absolute Gasteiger partial charge is 0.168 e. The molecule has 0 spiro atoms. The molecule has 0 N–H and O–H groups in total. The Morgan fingerprint density at radius 1 is 0.760 bits per heavy atom. The van der Waals surface area contributed by atoms with Gasteiger partial charge in [0, 0.05) is 0 Å². The fourth-order valence-corrected chi connectivity index (χ4v) is 2.14. The van der Waals surface area contributed by atoms with Crippen molar-refractivity contribution < 1.29 is 16.8 Å². The third kappa shape index (κ3) is 9.65. The standard InChI is InChI=1S/2C9H7.C2H5.3ClH.Si.Ti/c2*1-2-5-9-7-3-6-8(9)4-1;1-2;;;;;/h2*1-7H;1H2,2H3;3*1H;;/q3*-1;;;;;+1/p-1. The Kier molecular flexibility index (Phi) is 18.0. The average Bonchev–Trinajstić information content (AvgIpc) is 3.27. The molecule has 0 aliphatic heterocycles. The van der Waals surface area contributed by atoms with Crippen LogP contribution in [0.2, 0.25) is 0 Å². The first-order valence-electron chi connectivity index (χ1n) is 7.29. The maximum atomic E-state index is 5.04. The van der Waals surface area contributed by atoms with Crippen LogP contribution in [0, 0.1) is 6.92 Å². The fourth-order valence-electron chi connectivity index (χ4n) is 2.14. The Balaban J connectivity index is 0. The quantitative estimate of drug-likeness (QED) is 0.201. The van der Waals surface area contributed by atoms with Gasteiger partial charge in [-0.2, -0.15) is 42.0 Å². The SMILES string of the molecule is Cl.Cl.[CH2-]C.[Si]=[Ti][Cl].c1ccc2[cH-]ccc2c1.c1ccc2[cH-]ccc2c1. The van der Waals surface area contributed by atoms with E-state index in [2.05, 4.69) is 99.5 Å². The fraction of sp³-hybridized carbons (Fsp3) is 0.0500. The smallest absolute Gasteiger partial charge is 0.0809 e. The van der Waals surface area contributed by atoms with Crippen LogP contribution in [0.25, 0.3) is 21.5 Å². The molecule has 0 aromatic heterocycles. The van der Waals surface area contributed by atoms with Crippen molar-refractivity contribution in [2.75, 3.05) is 0 Å². The van der Waals surface area contributed by atoms with E-state index in [1.54, 1.807) is 6.92 Å². The van der Waals surface area contributed by atoms with E-state index in [9.17, 15) is 0 Å². The van der Waals surface area contributed by atoms with E-state index < -0.39 is 0 Å². The molecule has 0 aliphatic rings. The van der Waals surface area contributed by atoms with Crippen LogP contribution in [0.15, 0.2) is 84.9 Å². The van der Waals surface area contributed by atoms with E-state index in [1.165, 1.54) is 21.5 Å². The number of hydrogen-bond donors (Lipinski definition) is 0. The van der Waals surface area contributed by atoms with Gasteiger partial charge in [0.05, 0.1) is 0 Å². The summed E-state index contributed by atoms with van der Waals surface area (Å²) >= 11 is -0.222. The molecule has 0 saturated heterocycles. The van der Waals surface area contributed by atoms with E-state index in [-0.39, 0.29) is 41.6 Å². The molecule has 25 heavy (non-hydrogen) atoms. The van der Waals surface area contributed by atoms with E-state index in [0.29, 0.717) is 0 Å². The van der Waals surface area contributed by atoms with Gasteiger partial charge in [-0.05, 0) is 0 Å². The maximum absolute atomic E-state index is 5.04. The zero-order valence-electron chi connectivity index (χ0n) is 14.0. The molecule has 0 bridgehead atoms. The molecule has 0 unspecified atom stereocenters. The summed E-state index contributed by atoms with van der Waals surface area (Å²) in [7, 11) is 8.11. The van der Waals surface area contributed by atoms with Crippen molar-refractivity contribution in [1.29, 1.82) is 0 Å². The molecule has 0 fully saturated rings. The van der Waals surface area contributed by atoms with Crippen LogP contribution < -0.4 is 0 Å². The minimum absolute atomic E-state index is 0. The van der Waals surface area contributed by atoms with Gasteiger partial charge in [0.2, 0.25) is 0 Å². The summed E-state index contributed by atoms with van der Waals surface area (Å²) in [5.74, 6) is 0. The predicted octanol–water partition coefficient (Wildman–Crippen LogP) is 7.11. The first-order valence-corrected chi connectivity index (χ1v) is 12.3. The van der Waals surface area contributed by atoms with Crippen LogP contribution in [0.5, 0.6) is 0 Å². The molecule has 0 atom stereocenters. The first kappa shape index (κ1) is 26.7. The normalized spacial score (nSPS) is 7.96. The molecule has 4 aromatic rings. The van der Waals surface area contributed by atoms with E-state index >= 15 is 0 Å². The second-order valence-corrected chi connectivity index (χ2v) is 7.82. The molecular weight excluding hydrogens is 423 g/mol. The number of halogens is 3. The Labute approximate surface area is 177 Å². The van der Waals surface area contributed by atoms with Gasteiger partial charge in [-0.25, -0.2) is 0 Å². The van der Waals surface area contributed by atoms with E-state index in [0.717, 1.165) is 0 Å². The van der Waals surface area contributed by atoms with Gasteiger partial charge in [0.1, 0.15) is 0 Å². The minimum atomic E-state index is -0.222. The van der Waals surface area contributed by atoms with Crippen molar-refractivity contribution in [2.45, 2.75) is 6.92 Å². The third-order valence-corrected chi connectivity index (χ3v) is 3.10. The van der Waals surface area contributed by atoms with Crippen LogP contribution in [0.4, 0.5) is 0 Å². The van der Waals surface area contributed by atoms with E-state index in [4.69, 9.17) is 9.30 Å². The van der Waals surface area contributed by atoms with Crippen molar-refractivity contribution in [1.82, 2.24) is 0 Å². The van der Waals surface area contributed by atoms with Crippen LogP contribution in [0.3, 0.4) is 0 Å². The van der Waals surface area contributed by atoms with Crippen molar-refractivity contribution in [3.8, 4) is 0 Å². The Hall–Kier alpha value is -0.539. The number of hydrogen-bond acceptors (Lipinski definition) is 0. The summed E-state index contributed by atoms with van der Waals surface area (Å²) < 4.78 is 0. The molecule has 2 radical (unpaired) electrons. The molecule has 4 aromatic carbocycles. The van der Waals surface area contributed by atoms with Crippen molar-refractivity contribution in [3.05, 3.63) is 91.9 Å². The van der Waals surface area contributed by atoms with Crippen molar-refractivity contribution in [2.24, 2.45) is 0 Å².